The Morgan fingerprint density at radius 2 is 2.29 bits per heavy atom. The van der Waals surface area contributed by atoms with Crippen molar-refractivity contribution in [1.82, 2.24) is 0 Å². The van der Waals surface area contributed by atoms with Gasteiger partial charge in [-0.25, -0.2) is 0 Å². The fourth-order valence-electron chi connectivity index (χ4n) is 2.10. The maximum absolute atomic E-state index is 11.5. The van der Waals surface area contributed by atoms with Crippen LogP contribution in [0.25, 0.3) is 0 Å². The molecule has 4 heteroatoms. The van der Waals surface area contributed by atoms with E-state index in [0.717, 1.165) is 5.56 Å². The summed E-state index contributed by atoms with van der Waals surface area (Å²) in [5, 5.41) is 9.29. The number of methoxy groups -OCH3 is 2. The molecule has 0 radical (unpaired) electrons. The van der Waals surface area contributed by atoms with Crippen molar-refractivity contribution >= 4 is 5.97 Å². The molecule has 2 atom stereocenters. The SMILES string of the molecule is COC(=O)C1CC1(C#N)c1cccc(OC)c1. The lowest BCUT2D eigenvalue weighted by Gasteiger charge is -2.09. The maximum Gasteiger partial charge on any atom is 0.310 e. The summed E-state index contributed by atoms with van der Waals surface area (Å²) in [7, 11) is 2.91. The molecule has 2 rings (SSSR count). The molecule has 0 saturated heterocycles. The number of nitrogens with zero attached hydrogens (tertiary/aromatic N) is 1. The van der Waals surface area contributed by atoms with Gasteiger partial charge in [-0.3, -0.25) is 4.79 Å². The second-order valence-corrected chi connectivity index (χ2v) is 4.09. The first-order chi connectivity index (χ1) is 8.17. The van der Waals surface area contributed by atoms with Gasteiger partial charge in [0.2, 0.25) is 0 Å². The Hall–Kier alpha value is -2.02. The molecule has 0 bridgehead atoms. The van der Waals surface area contributed by atoms with Gasteiger partial charge in [0.15, 0.2) is 0 Å². The van der Waals surface area contributed by atoms with Crippen molar-refractivity contribution in [3.05, 3.63) is 29.8 Å². The number of ether oxygens (including phenoxy) is 2. The topological polar surface area (TPSA) is 59.3 Å². The molecule has 0 aliphatic heterocycles. The highest BCUT2D eigenvalue weighted by Gasteiger charge is 2.61. The van der Waals surface area contributed by atoms with Gasteiger partial charge in [-0.1, -0.05) is 12.1 Å². The van der Waals surface area contributed by atoms with Crippen molar-refractivity contribution in [2.24, 2.45) is 5.92 Å². The van der Waals surface area contributed by atoms with Gasteiger partial charge in [0.1, 0.15) is 5.75 Å². The highest BCUT2D eigenvalue weighted by atomic mass is 16.5. The normalized spacial score (nSPS) is 25.8. The number of rotatable bonds is 3. The van der Waals surface area contributed by atoms with E-state index in [-0.39, 0.29) is 11.9 Å². The average Bonchev–Trinajstić information content (AvgIpc) is 3.14. The van der Waals surface area contributed by atoms with Crippen molar-refractivity contribution < 1.29 is 14.3 Å². The summed E-state index contributed by atoms with van der Waals surface area (Å²) in [6.07, 6.45) is 0.517. The first kappa shape index (κ1) is 11.5. The molecule has 1 aromatic rings. The zero-order chi connectivity index (χ0) is 12.5. The van der Waals surface area contributed by atoms with Crippen molar-refractivity contribution in [3.63, 3.8) is 0 Å². The van der Waals surface area contributed by atoms with Gasteiger partial charge in [-0.05, 0) is 24.1 Å². The van der Waals surface area contributed by atoms with Gasteiger partial charge in [0, 0.05) is 0 Å². The number of carbonyl (C=O) groups excluding carboxylic acids is 1. The van der Waals surface area contributed by atoms with E-state index in [1.165, 1.54) is 7.11 Å². The Morgan fingerprint density at radius 3 is 2.88 bits per heavy atom. The Bertz CT molecular complexity index is 492. The number of hydrogen-bond donors (Lipinski definition) is 0. The second-order valence-electron chi connectivity index (χ2n) is 4.09. The summed E-state index contributed by atoms with van der Waals surface area (Å²) in [6.45, 7) is 0. The first-order valence-corrected chi connectivity index (χ1v) is 5.31. The Kier molecular flexibility index (Phi) is 2.76. The number of nitriles is 1. The van der Waals surface area contributed by atoms with E-state index < -0.39 is 5.41 Å². The fourth-order valence-corrected chi connectivity index (χ4v) is 2.10. The molecule has 0 amide bonds. The quantitative estimate of drug-likeness (QED) is 0.742. The molecule has 1 fully saturated rings. The Labute approximate surface area is 99.8 Å². The highest BCUT2D eigenvalue weighted by molar-refractivity contribution is 5.80. The Balaban J connectivity index is 2.32. The molecule has 1 saturated carbocycles. The molecule has 0 aromatic heterocycles. The second kappa shape index (κ2) is 4.10. The van der Waals surface area contributed by atoms with Crippen LogP contribution >= 0.6 is 0 Å². The molecule has 0 N–H and O–H groups in total. The van der Waals surface area contributed by atoms with E-state index in [2.05, 4.69) is 10.8 Å². The van der Waals surface area contributed by atoms with E-state index in [1.807, 2.05) is 18.2 Å². The fraction of sp³-hybridized carbons (Fsp3) is 0.385. The summed E-state index contributed by atoms with van der Waals surface area (Å²) < 4.78 is 9.81. The number of benzene rings is 1. The first-order valence-electron chi connectivity index (χ1n) is 5.31. The lowest BCUT2D eigenvalue weighted by molar-refractivity contribution is -0.142. The van der Waals surface area contributed by atoms with E-state index in [0.29, 0.717) is 12.2 Å². The van der Waals surface area contributed by atoms with Crippen LogP contribution < -0.4 is 4.74 Å². The lowest BCUT2D eigenvalue weighted by Crippen LogP contribution is -2.14. The van der Waals surface area contributed by atoms with Gasteiger partial charge >= 0.3 is 5.97 Å². The van der Waals surface area contributed by atoms with Crippen molar-refractivity contribution in [2.75, 3.05) is 14.2 Å². The van der Waals surface area contributed by atoms with Crippen LogP contribution in [0.5, 0.6) is 5.75 Å². The summed E-state index contributed by atoms with van der Waals surface area (Å²) in [6, 6.07) is 9.50. The summed E-state index contributed by atoms with van der Waals surface area (Å²) in [5.74, 6) is 0.00613. The molecule has 1 aromatic carbocycles. The zero-order valence-corrected chi connectivity index (χ0v) is 9.77. The molecule has 4 nitrogen and oxygen atoms in total. The Morgan fingerprint density at radius 1 is 1.53 bits per heavy atom. The largest absolute Gasteiger partial charge is 0.497 e. The molecule has 0 heterocycles. The van der Waals surface area contributed by atoms with Gasteiger partial charge in [0.25, 0.3) is 0 Å². The van der Waals surface area contributed by atoms with E-state index in [1.54, 1.807) is 13.2 Å². The summed E-state index contributed by atoms with van der Waals surface area (Å²) >= 11 is 0. The third-order valence-electron chi connectivity index (χ3n) is 3.23. The number of esters is 1. The van der Waals surface area contributed by atoms with Crippen LogP contribution in [0, 0.1) is 17.2 Å². The van der Waals surface area contributed by atoms with Crippen LogP contribution in [-0.4, -0.2) is 20.2 Å². The van der Waals surface area contributed by atoms with Crippen LogP contribution in [-0.2, 0) is 14.9 Å². The predicted octanol–water partition coefficient (Wildman–Crippen LogP) is 1.65. The third-order valence-corrected chi connectivity index (χ3v) is 3.23. The van der Waals surface area contributed by atoms with Crippen molar-refractivity contribution in [3.8, 4) is 11.8 Å². The molecule has 88 valence electrons. The number of carbonyl (C=O) groups is 1. The minimum Gasteiger partial charge on any atom is -0.497 e. The highest BCUT2D eigenvalue weighted by Crippen LogP contribution is 2.54. The molecule has 1 aliphatic carbocycles. The lowest BCUT2D eigenvalue weighted by atomic mass is 9.94. The van der Waals surface area contributed by atoms with Gasteiger partial charge in [-0.2, -0.15) is 5.26 Å². The molecule has 0 spiro atoms. The monoisotopic (exact) mass is 231 g/mol. The maximum atomic E-state index is 11.5. The molecule has 1 aliphatic rings. The minimum atomic E-state index is -0.734. The third kappa shape index (κ3) is 1.74. The minimum absolute atomic E-state index is 0.325. The molecule has 17 heavy (non-hydrogen) atoms. The molecule has 2 unspecified atom stereocenters. The van der Waals surface area contributed by atoms with Crippen LogP contribution in [0.15, 0.2) is 24.3 Å². The van der Waals surface area contributed by atoms with Crippen LogP contribution in [0.3, 0.4) is 0 Å². The van der Waals surface area contributed by atoms with Crippen LogP contribution in [0.4, 0.5) is 0 Å². The number of hydrogen-bond acceptors (Lipinski definition) is 4. The van der Waals surface area contributed by atoms with Crippen molar-refractivity contribution in [1.29, 1.82) is 5.26 Å². The standard InChI is InChI=1S/C13H13NO3/c1-16-10-5-3-4-9(6-10)13(8-14)7-11(13)12(15)17-2/h3-6,11H,7H2,1-2H3. The molecular weight excluding hydrogens is 218 g/mol. The van der Waals surface area contributed by atoms with Gasteiger partial charge in [-0.15, -0.1) is 0 Å². The predicted molar refractivity (Wildman–Crippen MR) is 60.4 cm³/mol. The van der Waals surface area contributed by atoms with Gasteiger partial charge < -0.3 is 9.47 Å². The summed E-state index contributed by atoms with van der Waals surface area (Å²) in [4.78, 5) is 11.5. The van der Waals surface area contributed by atoms with E-state index >= 15 is 0 Å². The van der Waals surface area contributed by atoms with Gasteiger partial charge in [0.05, 0.1) is 31.6 Å². The van der Waals surface area contributed by atoms with E-state index in [4.69, 9.17) is 4.74 Å². The van der Waals surface area contributed by atoms with E-state index in [9.17, 15) is 10.1 Å². The van der Waals surface area contributed by atoms with Crippen LogP contribution in [0.2, 0.25) is 0 Å². The smallest absolute Gasteiger partial charge is 0.310 e. The zero-order valence-electron chi connectivity index (χ0n) is 9.77. The summed E-state index contributed by atoms with van der Waals surface area (Å²) in [5.41, 5.74) is 0.0801. The van der Waals surface area contributed by atoms with Crippen molar-refractivity contribution in [2.45, 2.75) is 11.8 Å². The average molecular weight is 231 g/mol. The van der Waals surface area contributed by atoms with Crippen LogP contribution in [0.1, 0.15) is 12.0 Å². The molecular formula is C13H13NO3.